The predicted molar refractivity (Wildman–Crippen MR) is 91.6 cm³/mol. The first-order valence-corrected chi connectivity index (χ1v) is 8.41. The summed E-state index contributed by atoms with van der Waals surface area (Å²) in [6.45, 7) is 6.91. The number of nitrogens with one attached hydrogen (secondary N) is 1. The fourth-order valence-corrected chi connectivity index (χ4v) is 3.49. The van der Waals surface area contributed by atoms with Crippen LogP contribution in [0.3, 0.4) is 0 Å². The van der Waals surface area contributed by atoms with Crippen LogP contribution in [-0.2, 0) is 6.42 Å². The third-order valence-electron chi connectivity index (χ3n) is 4.90. The second kappa shape index (κ2) is 6.62. The van der Waals surface area contributed by atoms with Gasteiger partial charge in [-0.15, -0.1) is 0 Å². The van der Waals surface area contributed by atoms with Crippen molar-refractivity contribution < 1.29 is 0 Å². The first kappa shape index (κ1) is 14.6. The standard InChI is InChI=1S/C20H27N/c1-15(2)13-21-14-19-11-10-17(19)12-18-8-5-7-16-6-3-4-9-20(16)18/h3-9,15,17,19,21H,10-14H2,1-2H3. The minimum atomic E-state index is 0.751. The van der Waals surface area contributed by atoms with Gasteiger partial charge in [0.25, 0.3) is 0 Å². The fraction of sp³-hybridized carbons (Fsp3) is 0.500. The molecule has 1 aliphatic carbocycles. The van der Waals surface area contributed by atoms with Gasteiger partial charge in [0.15, 0.2) is 0 Å². The minimum Gasteiger partial charge on any atom is -0.316 e. The molecule has 1 heteroatoms. The molecule has 1 N–H and O–H groups in total. The molecule has 2 aromatic rings. The number of rotatable bonds is 6. The Morgan fingerprint density at radius 2 is 1.76 bits per heavy atom. The van der Waals surface area contributed by atoms with Crippen LogP contribution in [0, 0.1) is 17.8 Å². The highest BCUT2D eigenvalue weighted by atomic mass is 14.9. The Bertz CT molecular complexity index is 582. The topological polar surface area (TPSA) is 12.0 Å². The van der Waals surface area contributed by atoms with Crippen LogP contribution < -0.4 is 5.32 Å². The Balaban J connectivity index is 1.63. The maximum absolute atomic E-state index is 3.64. The van der Waals surface area contributed by atoms with Gasteiger partial charge in [-0.2, -0.15) is 0 Å². The van der Waals surface area contributed by atoms with E-state index in [1.54, 1.807) is 0 Å². The van der Waals surface area contributed by atoms with E-state index in [1.807, 2.05) is 0 Å². The van der Waals surface area contributed by atoms with Crippen molar-refractivity contribution in [2.75, 3.05) is 13.1 Å². The third-order valence-corrected chi connectivity index (χ3v) is 4.90. The normalized spacial score (nSPS) is 21.7. The van der Waals surface area contributed by atoms with Crippen molar-refractivity contribution in [2.45, 2.75) is 33.1 Å². The van der Waals surface area contributed by atoms with Gasteiger partial charge in [-0.25, -0.2) is 0 Å². The summed E-state index contributed by atoms with van der Waals surface area (Å²) < 4.78 is 0. The quantitative estimate of drug-likeness (QED) is 0.812. The van der Waals surface area contributed by atoms with E-state index in [0.717, 1.165) is 24.3 Å². The zero-order valence-corrected chi connectivity index (χ0v) is 13.3. The summed E-state index contributed by atoms with van der Waals surface area (Å²) in [5.74, 6) is 2.50. The summed E-state index contributed by atoms with van der Waals surface area (Å²) in [7, 11) is 0. The van der Waals surface area contributed by atoms with Gasteiger partial charge in [-0.05, 0) is 66.4 Å². The molecule has 21 heavy (non-hydrogen) atoms. The maximum Gasteiger partial charge on any atom is -0.00176 e. The van der Waals surface area contributed by atoms with Crippen LogP contribution in [0.4, 0.5) is 0 Å². The molecule has 2 aromatic carbocycles. The number of benzene rings is 2. The Labute approximate surface area is 128 Å². The highest BCUT2D eigenvalue weighted by Crippen LogP contribution is 2.37. The number of hydrogen-bond donors (Lipinski definition) is 1. The third kappa shape index (κ3) is 3.47. The van der Waals surface area contributed by atoms with Gasteiger partial charge in [0.1, 0.15) is 0 Å². The van der Waals surface area contributed by atoms with Gasteiger partial charge in [-0.3, -0.25) is 0 Å². The second-order valence-corrected chi connectivity index (χ2v) is 6.99. The monoisotopic (exact) mass is 281 g/mol. The molecule has 0 radical (unpaired) electrons. The van der Waals surface area contributed by atoms with Crippen molar-refractivity contribution in [3.05, 3.63) is 48.0 Å². The molecule has 2 atom stereocenters. The van der Waals surface area contributed by atoms with Gasteiger partial charge < -0.3 is 5.32 Å². The van der Waals surface area contributed by atoms with E-state index in [9.17, 15) is 0 Å². The van der Waals surface area contributed by atoms with Crippen LogP contribution in [-0.4, -0.2) is 13.1 Å². The molecule has 112 valence electrons. The predicted octanol–water partition coefficient (Wildman–Crippen LogP) is 4.65. The van der Waals surface area contributed by atoms with Crippen molar-refractivity contribution in [1.82, 2.24) is 5.32 Å². The van der Waals surface area contributed by atoms with E-state index < -0.39 is 0 Å². The number of hydrogen-bond acceptors (Lipinski definition) is 1. The van der Waals surface area contributed by atoms with E-state index in [-0.39, 0.29) is 0 Å². The molecule has 0 amide bonds. The lowest BCUT2D eigenvalue weighted by Gasteiger charge is -2.37. The van der Waals surface area contributed by atoms with E-state index in [0.29, 0.717) is 0 Å². The first-order valence-electron chi connectivity index (χ1n) is 8.41. The van der Waals surface area contributed by atoms with Gasteiger partial charge in [0.2, 0.25) is 0 Å². The molecule has 3 rings (SSSR count). The lowest BCUT2D eigenvalue weighted by molar-refractivity contribution is 0.170. The molecule has 0 bridgehead atoms. The summed E-state index contributed by atoms with van der Waals surface area (Å²) in [5.41, 5.74) is 1.53. The van der Waals surface area contributed by atoms with E-state index in [4.69, 9.17) is 0 Å². The van der Waals surface area contributed by atoms with Crippen LogP contribution in [0.5, 0.6) is 0 Å². The lowest BCUT2D eigenvalue weighted by Crippen LogP contribution is -2.37. The molecule has 2 unspecified atom stereocenters. The Kier molecular flexibility index (Phi) is 4.60. The first-order chi connectivity index (χ1) is 10.2. The second-order valence-electron chi connectivity index (χ2n) is 6.99. The Morgan fingerprint density at radius 1 is 1.00 bits per heavy atom. The molecule has 1 fully saturated rings. The average molecular weight is 281 g/mol. The van der Waals surface area contributed by atoms with Gasteiger partial charge in [0, 0.05) is 0 Å². The Morgan fingerprint density at radius 3 is 2.52 bits per heavy atom. The molecule has 1 nitrogen and oxygen atoms in total. The zero-order valence-electron chi connectivity index (χ0n) is 13.3. The number of fused-ring (bicyclic) bond motifs is 1. The van der Waals surface area contributed by atoms with Crippen molar-refractivity contribution in [1.29, 1.82) is 0 Å². The summed E-state index contributed by atoms with van der Waals surface area (Å²) >= 11 is 0. The average Bonchev–Trinajstić information content (AvgIpc) is 2.48. The smallest absolute Gasteiger partial charge is 0.00176 e. The van der Waals surface area contributed by atoms with Crippen molar-refractivity contribution in [3.8, 4) is 0 Å². The Hall–Kier alpha value is -1.34. The molecule has 0 aliphatic heterocycles. The SMILES string of the molecule is CC(C)CNCC1CCC1Cc1cccc2ccccc12. The zero-order chi connectivity index (χ0) is 14.7. The van der Waals surface area contributed by atoms with E-state index >= 15 is 0 Å². The minimum absolute atomic E-state index is 0.751. The van der Waals surface area contributed by atoms with Crippen LogP contribution in [0.2, 0.25) is 0 Å². The van der Waals surface area contributed by atoms with E-state index in [2.05, 4.69) is 61.6 Å². The van der Waals surface area contributed by atoms with Crippen molar-refractivity contribution in [2.24, 2.45) is 17.8 Å². The highest BCUT2D eigenvalue weighted by molar-refractivity contribution is 5.85. The lowest BCUT2D eigenvalue weighted by atomic mass is 9.70. The van der Waals surface area contributed by atoms with E-state index in [1.165, 1.54) is 42.1 Å². The fourth-order valence-electron chi connectivity index (χ4n) is 3.49. The molecule has 1 saturated carbocycles. The van der Waals surface area contributed by atoms with Crippen LogP contribution >= 0.6 is 0 Å². The van der Waals surface area contributed by atoms with Crippen molar-refractivity contribution in [3.63, 3.8) is 0 Å². The molecular weight excluding hydrogens is 254 g/mol. The highest BCUT2D eigenvalue weighted by Gasteiger charge is 2.30. The van der Waals surface area contributed by atoms with Crippen LogP contribution in [0.25, 0.3) is 10.8 Å². The van der Waals surface area contributed by atoms with Gasteiger partial charge in [0.05, 0.1) is 0 Å². The van der Waals surface area contributed by atoms with Gasteiger partial charge in [-0.1, -0.05) is 56.3 Å². The summed E-state index contributed by atoms with van der Waals surface area (Å²) in [6, 6.07) is 15.5. The summed E-state index contributed by atoms with van der Waals surface area (Å²) in [4.78, 5) is 0. The molecule has 1 aliphatic rings. The van der Waals surface area contributed by atoms with Crippen molar-refractivity contribution >= 4 is 10.8 Å². The molecular formula is C20H27N. The van der Waals surface area contributed by atoms with Gasteiger partial charge >= 0.3 is 0 Å². The van der Waals surface area contributed by atoms with Crippen LogP contribution in [0.15, 0.2) is 42.5 Å². The van der Waals surface area contributed by atoms with Crippen LogP contribution in [0.1, 0.15) is 32.3 Å². The molecule has 0 heterocycles. The largest absolute Gasteiger partial charge is 0.316 e. The maximum atomic E-state index is 3.64. The molecule has 0 spiro atoms. The molecule has 0 aromatic heterocycles. The summed E-state index contributed by atoms with van der Waals surface area (Å²) in [5, 5.41) is 6.46. The molecule has 0 saturated heterocycles. The summed E-state index contributed by atoms with van der Waals surface area (Å²) in [6.07, 6.45) is 4.05.